The fourth-order valence-corrected chi connectivity index (χ4v) is 1.84. The lowest BCUT2D eigenvalue weighted by Crippen LogP contribution is -1.68. The Bertz CT molecular complexity index is 312. The Kier molecular flexibility index (Phi) is 2.29. The second-order valence-corrected chi connectivity index (χ2v) is 3.77. The standard InChI is InChI=1S/C8H6N2S2/c1-2-8(11-5-1)4-3-7-6-12-10-9-7/h1-6H/b4-3+. The van der Waals surface area contributed by atoms with E-state index < -0.39 is 0 Å². The molecule has 0 amide bonds. The number of rotatable bonds is 2. The van der Waals surface area contributed by atoms with Crippen molar-refractivity contribution < 1.29 is 0 Å². The first-order valence-electron chi connectivity index (χ1n) is 3.44. The average molecular weight is 194 g/mol. The number of hydrogen-bond donors (Lipinski definition) is 0. The summed E-state index contributed by atoms with van der Waals surface area (Å²) in [5.41, 5.74) is 0.924. The van der Waals surface area contributed by atoms with Crippen LogP contribution >= 0.6 is 22.9 Å². The zero-order valence-corrected chi connectivity index (χ0v) is 7.81. The Morgan fingerprint density at radius 1 is 1.33 bits per heavy atom. The molecule has 4 heteroatoms. The summed E-state index contributed by atoms with van der Waals surface area (Å²) in [6, 6.07) is 4.10. The highest BCUT2D eigenvalue weighted by Gasteiger charge is 1.89. The van der Waals surface area contributed by atoms with Gasteiger partial charge in [0, 0.05) is 10.3 Å². The third-order valence-electron chi connectivity index (χ3n) is 1.34. The van der Waals surface area contributed by atoms with Crippen molar-refractivity contribution in [2.45, 2.75) is 0 Å². The van der Waals surface area contributed by atoms with E-state index in [0.717, 1.165) is 5.69 Å². The maximum atomic E-state index is 3.90. The molecule has 0 atom stereocenters. The molecule has 0 bridgehead atoms. The van der Waals surface area contributed by atoms with Crippen LogP contribution < -0.4 is 0 Å². The largest absolute Gasteiger partial charge is 0.144 e. The molecule has 0 saturated carbocycles. The van der Waals surface area contributed by atoms with Gasteiger partial charge >= 0.3 is 0 Å². The van der Waals surface area contributed by atoms with E-state index in [2.05, 4.69) is 21.0 Å². The van der Waals surface area contributed by atoms with Crippen molar-refractivity contribution in [3.05, 3.63) is 33.5 Å². The Hall–Kier alpha value is -1.00. The van der Waals surface area contributed by atoms with Crippen LogP contribution in [0.25, 0.3) is 12.2 Å². The summed E-state index contributed by atoms with van der Waals surface area (Å²) in [5, 5.41) is 7.88. The van der Waals surface area contributed by atoms with E-state index in [1.807, 2.05) is 23.6 Å². The van der Waals surface area contributed by atoms with Crippen molar-refractivity contribution in [2.75, 3.05) is 0 Å². The van der Waals surface area contributed by atoms with E-state index in [1.165, 1.54) is 16.4 Å². The molecule has 0 aromatic carbocycles. The fourth-order valence-electron chi connectivity index (χ4n) is 0.798. The molecule has 2 rings (SSSR count). The van der Waals surface area contributed by atoms with Crippen molar-refractivity contribution in [3.63, 3.8) is 0 Å². The highest BCUT2D eigenvalue weighted by Crippen LogP contribution is 2.12. The van der Waals surface area contributed by atoms with Gasteiger partial charge in [-0.05, 0) is 35.1 Å². The normalized spacial score (nSPS) is 11.0. The van der Waals surface area contributed by atoms with Gasteiger partial charge in [0.25, 0.3) is 0 Å². The van der Waals surface area contributed by atoms with Gasteiger partial charge in [-0.1, -0.05) is 10.6 Å². The molecule has 2 nitrogen and oxygen atoms in total. The molecular weight excluding hydrogens is 188 g/mol. The lowest BCUT2D eigenvalue weighted by atomic mass is 10.4. The second-order valence-electron chi connectivity index (χ2n) is 2.18. The van der Waals surface area contributed by atoms with Crippen molar-refractivity contribution in [3.8, 4) is 0 Å². The molecular formula is C8H6N2S2. The maximum absolute atomic E-state index is 3.90. The third-order valence-corrected chi connectivity index (χ3v) is 2.70. The molecule has 0 aliphatic rings. The molecule has 2 aromatic heterocycles. The molecule has 0 radical (unpaired) electrons. The minimum Gasteiger partial charge on any atom is -0.144 e. The van der Waals surface area contributed by atoms with Gasteiger partial charge < -0.3 is 0 Å². The summed E-state index contributed by atoms with van der Waals surface area (Å²) >= 11 is 3.08. The molecule has 2 aromatic rings. The Balaban J connectivity index is 2.14. The predicted molar refractivity (Wildman–Crippen MR) is 53.2 cm³/mol. The molecule has 0 N–H and O–H groups in total. The Morgan fingerprint density at radius 3 is 3.00 bits per heavy atom. The van der Waals surface area contributed by atoms with Gasteiger partial charge in [-0.25, -0.2) is 0 Å². The zero-order valence-electron chi connectivity index (χ0n) is 6.18. The van der Waals surface area contributed by atoms with Crippen molar-refractivity contribution in [1.29, 1.82) is 0 Å². The molecule has 60 valence electrons. The summed E-state index contributed by atoms with van der Waals surface area (Å²) < 4.78 is 3.77. The van der Waals surface area contributed by atoms with E-state index in [-0.39, 0.29) is 0 Å². The maximum Gasteiger partial charge on any atom is 0.0982 e. The first-order valence-corrected chi connectivity index (χ1v) is 5.15. The van der Waals surface area contributed by atoms with Gasteiger partial charge in [0.2, 0.25) is 0 Å². The summed E-state index contributed by atoms with van der Waals surface area (Å²) in [4.78, 5) is 1.24. The van der Waals surface area contributed by atoms with Crippen LogP contribution in [0.5, 0.6) is 0 Å². The first kappa shape index (κ1) is 7.64. The minimum atomic E-state index is 0.924. The predicted octanol–water partition coefficient (Wildman–Crippen LogP) is 2.77. The van der Waals surface area contributed by atoms with Gasteiger partial charge in [-0.3, -0.25) is 0 Å². The van der Waals surface area contributed by atoms with Gasteiger partial charge in [-0.15, -0.1) is 16.4 Å². The van der Waals surface area contributed by atoms with Gasteiger partial charge in [0.15, 0.2) is 0 Å². The van der Waals surface area contributed by atoms with Crippen LogP contribution in [0.3, 0.4) is 0 Å². The van der Waals surface area contributed by atoms with Gasteiger partial charge in [0.1, 0.15) is 0 Å². The smallest absolute Gasteiger partial charge is 0.0982 e. The van der Waals surface area contributed by atoms with Crippen LogP contribution in [0.2, 0.25) is 0 Å². The Labute approximate surface area is 78.4 Å². The van der Waals surface area contributed by atoms with Crippen LogP contribution in [-0.4, -0.2) is 9.59 Å². The SMILES string of the molecule is C(=C\c1cccs1)/c1csnn1. The lowest BCUT2D eigenvalue weighted by molar-refractivity contribution is 1.14. The van der Waals surface area contributed by atoms with E-state index in [0.29, 0.717) is 0 Å². The van der Waals surface area contributed by atoms with E-state index in [1.54, 1.807) is 11.3 Å². The first-order chi connectivity index (χ1) is 5.95. The van der Waals surface area contributed by atoms with Crippen LogP contribution in [0.4, 0.5) is 0 Å². The molecule has 0 fully saturated rings. The Morgan fingerprint density at radius 2 is 2.33 bits per heavy atom. The highest BCUT2D eigenvalue weighted by atomic mass is 32.1. The second kappa shape index (κ2) is 3.60. The molecule has 0 aliphatic carbocycles. The monoisotopic (exact) mass is 194 g/mol. The molecule has 0 saturated heterocycles. The van der Waals surface area contributed by atoms with E-state index >= 15 is 0 Å². The lowest BCUT2D eigenvalue weighted by Gasteiger charge is -1.80. The summed E-state index contributed by atoms with van der Waals surface area (Å²) in [6.45, 7) is 0. The van der Waals surface area contributed by atoms with Crippen LogP contribution in [0.1, 0.15) is 10.6 Å². The average Bonchev–Trinajstić information content (AvgIpc) is 2.74. The number of nitrogens with zero attached hydrogens (tertiary/aromatic N) is 2. The van der Waals surface area contributed by atoms with Crippen molar-refractivity contribution in [2.24, 2.45) is 0 Å². The summed E-state index contributed by atoms with van der Waals surface area (Å²) in [6.07, 6.45) is 4.01. The number of thiophene rings is 1. The van der Waals surface area contributed by atoms with Crippen LogP contribution in [0.15, 0.2) is 22.9 Å². The van der Waals surface area contributed by atoms with Gasteiger partial charge in [0.05, 0.1) is 5.69 Å². The molecule has 12 heavy (non-hydrogen) atoms. The van der Waals surface area contributed by atoms with Crippen molar-refractivity contribution in [1.82, 2.24) is 9.59 Å². The highest BCUT2D eigenvalue weighted by molar-refractivity contribution is 7.10. The quantitative estimate of drug-likeness (QED) is 0.734. The van der Waals surface area contributed by atoms with Crippen LogP contribution in [0, 0.1) is 0 Å². The molecule has 0 unspecified atom stereocenters. The summed E-state index contributed by atoms with van der Waals surface area (Å²) in [7, 11) is 0. The molecule has 0 aliphatic heterocycles. The minimum absolute atomic E-state index is 0.924. The van der Waals surface area contributed by atoms with Crippen molar-refractivity contribution >= 4 is 35.0 Å². The van der Waals surface area contributed by atoms with Crippen LogP contribution in [-0.2, 0) is 0 Å². The fraction of sp³-hybridized carbons (Fsp3) is 0. The number of aromatic nitrogens is 2. The van der Waals surface area contributed by atoms with E-state index in [9.17, 15) is 0 Å². The number of hydrogen-bond acceptors (Lipinski definition) is 4. The topological polar surface area (TPSA) is 25.8 Å². The molecule has 0 spiro atoms. The molecule has 2 heterocycles. The van der Waals surface area contributed by atoms with Gasteiger partial charge in [-0.2, -0.15) is 0 Å². The third kappa shape index (κ3) is 1.78. The van der Waals surface area contributed by atoms with E-state index in [4.69, 9.17) is 0 Å². The summed E-state index contributed by atoms with van der Waals surface area (Å²) in [5.74, 6) is 0. The zero-order chi connectivity index (χ0) is 8.23.